The van der Waals surface area contributed by atoms with Crippen LogP contribution in [0.1, 0.15) is 32.3 Å². The van der Waals surface area contributed by atoms with Gasteiger partial charge in [0.25, 0.3) is 0 Å². The maximum atomic E-state index is 12.7. The normalized spacial score (nSPS) is 22.4. The Bertz CT molecular complexity index is 1200. The van der Waals surface area contributed by atoms with Crippen molar-refractivity contribution in [2.45, 2.75) is 56.9 Å². The molecule has 11 heteroatoms. The predicted molar refractivity (Wildman–Crippen MR) is 136 cm³/mol. The van der Waals surface area contributed by atoms with E-state index in [1.165, 1.54) is 10.1 Å². The lowest BCUT2D eigenvalue weighted by atomic mass is 9.84. The number of likely N-dealkylation sites (tertiary alicyclic amines) is 3. The van der Waals surface area contributed by atoms with Crippen LogP contribution in [0.5, 0.6) is 0 Å². The number of piperazine rings is 1. The minimum atomic E-state index is -0.927. The third-order valence-corrected chi connectivity index (χ3v) is 7.38. The highest BCUT2D eigenvalue weighted by Gasteiger charge is 2.56. The first-order valence-corrected chi connectivity index (χ1v) is 12.4. The van der Waals surface area contributed by atoms with Gasteiger partial charge in [0.15, 0.2) is 0 Å². The number of anilines is 1. The van der Waals surface area contributed by atoms with E-state index in [2.05, 4.69) is 15.2 Å². The van der Waals surface area contributed by atoms with Gasteiger partial charge in [-0.05, 0) is 63.5 Å². The highest BCUT2D eigenvalue weighted by atomic mass is 16.2. The van der Waals surface area contributed by atoms with Gasteiger partial charge in [0.05, 0.1) is 23.3 Å². The van der Waals surface area contributed by atoms with Crippen LogP contribution in [0.2, 0.25) is 0 Å². The lowest BCUT2D eigenvalue weighted by Gasteiger charge is -2.62. The molecular weight excluding hydrogens is 460 g/mol. The molecule has 2 atom stereocenters. The Hall–Kier alpha value is -3.28. The number of hydrogen-bond acceptors (Lipinski definition) is 7. The predicted octanol–water partition coefficient (Wildman–Crippen LogP) is 0.320. The highest BCUT2D eigenvalue weighted by Crippen LogP contribution is 2.35. The largest absolute Gasteiger partial charge is 0.354 e. The van der Waals surface area contributed by atoms with Gasteiger partial charge in [-0.1, -0.05) is 12.1 Å². The molecule has 3 amide bonds. The summed E-state index contributed by atoms with van der Waals surface area (Å²) in [6, 6.07) is 9.39. The Kier molecular flexibility index (Phi) is 6.31. The molecule has 11 nitrogen and oxygen atoms in total. The molecule has 1 aromatic heterocycles. The second-order valence-electron chi connectivity index (χ2n) is 10.6. The number of aromatic nitrogens is 2. The van der Waals surface area contributed by atoms with E-state index in [4.69, 9.17) is 11.5 Å². The number of urea groups is 1. The van der Waals surface area contributed by atoms with Gasteiger partial charge in [-0.2, -0.15) is 4.98 Å². The van der Waals surface area contributed by atoms with Gasteiger partial charge >= 0.3 is 11.7 Å². The van der Waals surface area contributed by atoms with Crippen molar-refractivity contribution in [1.82, 2.24) is 24.3 Å². The van der Waals surface area contributed by atoms with Gasteiger partial charge in [0.2, 0.25) is 5.91 Å². The van der Waals surface area contributed by atoms with E-state index in [0.717, 1.165) is 32.5 Å². The topological polar surface area (TPSA) is 143 Å². The number of fused-ring (bicyclic) bond motifs is 1. The van der Waals surface area contributed by atoms with Gasteiger partial charge in [0.1, 0.15) is 5.82 Å². The number of carbonyl (C=O) groups is 2. The van der Waals surface area contributed by atoms with Gasteiger partial charge in [-0.3, -0.25) is 19.6 Å². The molecule has 0 radical (unpaired) electrons. The molecule has 2 unspecified atom stereocenters. The number of carbonyl (C=O) groups excluding carboxylic acids is 2. The van der Waals surface area contributed by atoms with Crippen LogP contribution in [-0.2, 0) is 11.3 Å². The standard InChI is InChI=1S/C25H34N8O3/c1-25(2,27)22(34)32-14-20-19(32)15-33(20)24(36)29-21-9-12-31(23(35)28-21)18-5-3-16(4-6-18)13-30-10-7-17(26)8-11-30/h3-6,9,12,17,19-20H,7-8,10-11,13-15,26-27H2,1-2H3,(H,28,29,35,36). The number of nitrogens with two attached hydrogens (primary N) is 2. The van der Waals surface area contributed by atoms with Crippen LogP contribution in [0.25, 0.3) is 5.69 Å². The average molecular weight is 495 g/mol. The van der Waals surface area contributed by atoms with E-state index in [0.29, 0.717) is 24.8 Å². The van der Waals surface area contributed by atoms with Crippen LogP contribution in [-0.4, -0.2) is 86.0 Å². The van der Waals surface area contributed by atoms with Crippen molar-refractivity contribution in [3.05, 3.63) is 52.6 Å². The Morgan fingerprint density at radius 3 is 2.28 bits per heavy atom. The molecule has 1 aromatic carbocycles. The number of amides is 3. The minimum Gasteiger partial charge on any atom is -0.332 e. The van der Waals surface area contributed by atoms with Gasteiger partial charge in [-0.15, -0.1) is 0 Å². The van der Waals surface area contributed by atoms with Gasteiger partial charge in [0, 0.05) is 31.9 Å². The molecule has 3 saturated heterocycles. The first-order valence-electron chi connectivity index (χ1n) is 12.4. The molecular formula is C25H34N8O3. The third-order valence-electron chi connectivity index (χ3n) is 7.38. The lowest BCUT2D eigenvalue weighted by molar-refractivity contribution is -0.162. The minimum absolute atomic E-state index is 0.00231. The van der Waals surface area contributed by atoms with Crippen molar-refractivity contribution in [2.24, 2.45) is 11.5 Å². The van der Waals surface area contributed by atoms with Gasteiger partial charge < -0.3 is 21.3 Å². The summed E-state index contributed by atoms with van der Waals surface area (Å²) in [6.45, 7) is 7.13. The summed E-state index contributed by atoms with van der Waals surface area (Å²) >= 11 is 0. The molecule has 5 N–H and O–H groups in total. The summed E-state index contributed by atoms with van der Waals surface area (Å²) in [7, 11) is 0. The van der Waals surface area contributed by atoms with Crippen molar-refractivity contribution < 1.29 is 9.59 Å². The molecule has 4 heterocycles. The quantitative estimate of drug-likeness (QED) is 0.543. The van der Waals surface area contributed by atoms with Crippen molar-refractivity contribution in [2.75, 3.05) is 31.5 Å². The number of hydrogen-bond donors (Lipinski definition) is 3. The molecule has 192 valence electrons. The molecule has 2 aromatic rings. The molecule has 3 aliphatic heterocycles. The molecule has 0 bridgehead atoms. The summed E-state index contributed by atoms with van der Waals surface area (Å²) in [5.74, 6) is 0.0818. The zero-order valence-corrected chi connectivity index (χ0v) is 20.8. The van der Waals surface area contributed by atoms with Crippen molar-refractivity contribution in [3.8, 4) is 5.69 Å². The summed E-state index contributed by atoms with van der Waals surface area (Å²) in [5, 5.41) is 2.70. The Labute approximate surface area is 210 Å². The molecule has 36 heavy (non-hydrogen) atoms. The Balaban J connectivity index is 1.16. The first-order chi connectivity index (χ1) is 17.1. The van der Waals surface area contributed by atoms with E-state index in [1.54, 1.807) is 35.9 Å². The van der Waals surface area contributed by atoms with Crippen LogP contribution in [0.4, 0.5) is 10.6 Å². The number of benzene rings is 1. The summed E-state index contributed by atoms with van der Waals surface area (Å²) in [6.07, 6.45) is 3.65. The van der Waals surface area contributed by atoms with E-state index >= 15 is 0 Å². The molecule has 3 fully saturated rings. The van der Waals surface area contributed by atoms with Crippen LogP contribution >= 0.6 is 0 Å². The first kappa shape index (κ1) is 24.4. The average Bonchev–Trinajstić information content (AvgIpc) is 2.81. The Morgan fingerprint density at radius 1 is 1.06 bits per heavy atom. The third kappa shape index (κ3) is 4.73. The van der Waals surface area contributed by atoms with E-state index in [-0.39, 0.29) is 29.8 Å². The molecule has 0 aliphatic carbocycles. The number of nitrogens with zero attached hydrogens (tertiary/aromatic N) is 5. The molecule has 0 spiro atoms. The van der Waals surface area contributed by atoms with E-state index in [1.807, 2.05) is 24.3 Å². The van der Waals surface area contributed by atoms with E-state index < -0.39 is 11.2 Å². The zero-order chi connectivity index (χ0) is 25.6. The summed E-state index contributed by atoms with van der Waals surface area (Å²) < 4.78 is 1.45. The monoisotopic (exact) mass is 494 g/mol. The van der Waals surface area contributed by atoms with Crippen molar-refractivity contribution in [3.63, 3.8) is 0 Å². The maximum Gasteiger partial charge on any atom is 0.354 e. The van der Waals surface area contributed by atoms with Crippen LogP contribution in [0.3, 0.4) is 0 Å². The highest BCUT2D eigenvalue weighted by molar-refractivity contribution is 5.91. The molecule has 5 rings (SSSR count). The fraction of sp³-hybridized carbons (Fsp3) is 0.520. The number of nitrogens with one attached hydrogen (secondary N) is 1. The SMILES string of the molecule is CC(C)(N)C(=O)N1CC2C1CN2C(=O)Nc1ccn(-c2ccc(CN3CCC(N)CC3)cc2)c(=O)n1. The second kappa shape index (κ2) is 9.30. The zero-order valence-electron chi connectivity index (χ0n) is 20.8. The summed E-state index contributed by atoms with van der Waals surface area (Å²) in [5.41, 5.74) is 12.4. The fourth-order valence-electron chi connectivity index (χ4n) is 5.07. The molecule has 0 saturated carbocycles. The van der Waals surface area contributed by atoms with Gasteiger partial charge in [-0.25, -0.2) is 9.59 Å². The summed E-state index contributed by atoms with van der Waals surface area (Å²) in [4.78, 5) is 47.5. The van der Waals surface area contributed by atoms with E-state index in [9.17, 15) is 14.4 Å². The molecule has 3 aliphatic rings. The lowest BCUT2D eigenvalue weighted by Crippen LogP contribution is -2.82. The Morgan fingerprint density at radius 2 is 1.69 bits per heavy atom. The smallest absolute Gasteiger partial charge is 0.332 e. The van der Waals surface area contributed by atoms with Crippen molar-refractivity contribution in [1.29, 1.82) is 0 Å². The number of piperidine rings is 1. The maximum absolute atomic E-state index is 12.7. The van der Waals surface area contributed by atoms with Crippen LogP contribution < -0.4 is 22.5 Å². The fourth-order valence-corrected chi connectivity index (χ4v) is 5.07. The van der Waals surface area contributed by atoms with Crippen LogP contribution in [0, 0.1) is 0 Å². The van der Waals surface area contributed by atoms with Crippen LogP contribution in [0.15, 0.2) is 41.3 Å². The number of rotatable bonds is 5. The second-order valence-corrected chi connectivity index (χ2v) is 10.6. The van der Waals surface area contributed by atoms with Crippen molar-refractivity contribution >= 4 is 17.8 Å².